The smallest absolute Gasteiger partial charge is 0.407 e. The van der Waals surface area contributed by atoms with Crippen LogP contribution < -0.4 is 11.1 Å². The number of hydrogen-bond donors (Lipinski definition) is 2. The molecule has 108 valence electrons. The quantitative estimate of drug-likeness (QED) is 0.822. The summed E-state index contributed by atoms with van der Waals surface area (Å²) in [6, 6.07) is 0. The van der Waals surface area contributed by atoms with E-state index in [0.717, 1.165) is 12.8 Å². The third-order valence-corrected chi connectivity index (χ3v) is 3.04. The van der Waals surface area contributed by atoms with Gasteiger partial charge < -0.3 is 20.5 Å². The number of carbonyl (C=O) groups is 1. The average molecular weight is 281 g/mol. The van der Waals surface area contributed by atoms with Crippen LogP contribution in [0, 0.1) is 5.92 Å². The van der Waals surface area contributed by atoms with Gasteiger partial charge in [-0.25, -0.2) is 4.79 Å². The molecule has 1 aliphatic carbocycles. The molecule has 0 aromatic heterocycles. The zero-order valence-corrected chi connectivity index (χ0v) is 12.4. The molecule has 0 aliphatic heterocycles. The molecule has 0 spiro atoms. The highest BCUT2D eigenvalue weighted by molar-refractivity contribution is 5.85. The van der Waals surface area contributed by atoms with Crippen LogP contribution in [-0.4, -0.2) is 37.5 Å². The van der Waals surface area contributed by atoms with Crippen molar-refractivity contribution in [2.24, 2.45) is 11.7 Å². The third-order valence-electron chi connectivity index (χ3n) is 3.04. The van der Waals surface area contributed by atoms with Crippen LogP contribution in [0.3, 0.4) is 0 Å². The van der Waals surface area contributed by atoms with Crippen LogP contribution in [0.4, 0.5) is 4.79 Å². The number of carbonyl (C=O) groups excluding carboxylic acids is 1. The first-order chi connectivity index (χ1) is 7.80. The van der Waals surface area contributed by atoms with Crippen molar-refractivity contribution >= 4 is 18.5 Å². The Morgan fingerprint density at radius 3 is 2.39 bits per heavy atom. The zero-order valence-electron chi connectivity index (χ0n) is 11.6. The van der Waals surface area contributed by atoms with Crippen molar-refractivity contribution in [1.82, 2.24) is 5.32 Å². The molecule has 0 saturated heterocycles. The van der Waals surface area contributed by atoms with Crippen LogP contribution >= 0.6 is 12.4 Å². The summed E-state index contributed by atoms with van der Waals surface area (Å²) in [5.74, 6) is 0.510. The van der Waals surface area contributed by atoms with Gasteiger partial charge >= 0.3 is 6.09 Å². The SMILES string of the molecule is COC1(CNC(=O)OC(C)(C)C)CC(CN)C1.Cl. The summed E-state index contributed by atoms with van der Waals surface area (Å²) in [5.41, 5.74) is 4.86. The lowest BCUT2D eigenvalue weighted by molar-refractivity contribution is -0.0998. The number of halogens is 1. The Morgan fingerprint density at radius 2 is 2.00 bits per heavy atom. The topological polar surface area (TPSA) is 73.6 Å². The van der Waals surface area contributed by atoms with Gasteiger partial charge in [0, 0.05) is 13.7 Å². The monoisotopic (exact) mass is 280 g/mol. The summed E-state index contributed by atoms with van der Waals surface area (Å²) in [7, 11) is 1.67. The van der Waals surface area contributed by atoms with Gasteiger partial charge in [0.2, 0.25) is 0 Å². The Hall–Kier alpha value is -0.520. The highest BCUT2D eigenvalue weighted by atomic mass is 35.5. The molecule has 0 atom stereocenters. The fourth-order valence-electron chi connectivity index (χ4n) is 2.09. The van der Waals surface area contributed by atoms with E-state index in [4.69, 9.17) is 15.2 Å². The number of nitrogens with two attached hydrogens (primary N) is 1. The minimum absolute atomic E-state index is 0. The lowest BCUT2D eigenvalue weighted by Gasteiger charge is -2.46. The van der Waals surface area contributed by atoms with Gasteiger partial charge in [-0.1, -0.05) is 0 Å². The molecule has 0 aromatic carbocycles. The van der Waals surface area contributed by atoms with E-state index in [9.17, 15) is 4.79 Å². The maximum Gasteiger partial charge on any atom is 0.407 e. The maximum atomic E-state index is 11.5. The Labute approximate surface area is 115 Å². The largest absolute Gasteiger partial charge is 0.444 e. The van der Waals surface area contributed by atoms with E-state index in [2.05, 4.69) is 5.32 Å². The maximum absolute atomic E-state index is 11.5. The van der Waals surface area contributed by atoms with Crippen LogP contribution in [0.1, 0.15) is 33.6 Å². The molecule has 1 saturated carbocycles. The van der Waals surface area contributed by atoms with Crippen molar-refractivity contribution in [2.75, 3.05) is 20.2 Å². The normalized spacial score (nSPS) is 26.8. The van der Waals surface area contributed by atoms with Crippen molar-refractivity contribution in [3.05, 3.63) is 0 Å². The lowest BCUT2D eigenvalue weighted by atomic mass is 9.70. The zero-order chi connectivity index (χ0) is 13.1. The van der Waals surface area contributed by atoms with E-state index in [1.165, 1.54) is 0 Å². The predicted octanol–water partition coefficient (Wildman–Crippen LogP) is 1.69. The number of alkyl carbamates (subject to hydrolysis) is 1. The van der Waals surface area contributed by atoms with Crippen LogP contribution in [0.5, 0.6) is 0 Å². The fraction of sp³-hybridized carbons (Fsp3) is 0.917. The van der Waals surface area contributed by atoms with Gasteiger partial charge in [-0.2, -0.15) is 0 Å². The van der Waals surface area contributed by atoms with Crippen molar-refractivity contribution in [3.63, 3.8) is 0 Å². The minimum Gasteiger partial charge on any atom is -0.444 e. The van der Waals surface area contributed by atoms with Gasteiger partial charge in [0.05, 0.1) is 5.60 Å². The molecular formula is C12H25ClN2O3. The van der Waals surface area contributed by atoms with Gasteiger partial charge in [0.25, 0.3) is 0 Å². The van der Waals surface area contributed by atoms with Crippen molar-refractivity contribution < 1.29 is 14.3 Å². The number of hydrogen-bond acceptors (Lipinski definition) is 4. The highest BCUT2D eigenvalue weighted by Crippen LogP contribution is 2.39. The van der Waals surface area contributed by atoms with E-state index in [-0.39, 0.29) is 18.0 Å². The van der Waals surface area contributed by atoms with Crippen LogP contribution in [0.15, 0.2) is 0 Å². The Kier molecular flexibility index (Phi) is 6.40. The Morgan fingerprint density at radius 1 is 1.44 bits per heavy atom. The summed E-state index contributed by atoms with van der Waals surface area (Å²) < 4.78 is 10.6. The van der Waals surface area contributed by atoms with E-state index >= 15 is 0 Å². The van der Waals surface area contributed by atoms with Gasteiger partial charge in [-0.3, -0.25) is 0 Å². The van der Waals surface area contributed by atoms with Crippen LogP contribution in [0.2, 0.25) is 0 Å². The molecule has 1 amide bonds. The molecule has 3 N–H and O–H groups in total. The molecule has 18 heavy (non-hydrogen) atoms. The summed E-state index contributed by atoms with van der Waals surface area (Å²) in [6.45, 7) is 6.68. The number of ether oxygens (including phenoxy) is 2. The highest BCUT2D eigenvalue weighted by Gasteiger charge is 2.44. The molecule has 6 heteroatoms. The van der Waals surface area contributed by atoms with Gasteiger partial charge in [-0.05, 0) is 46.1 Å². The molecule has 0 bridgehead atoms. The second-order valence-electron chi connectivity index (χ2n) is 5.75. The molecule has 5 nitrogen and oxygen atoms in total. The van der Waals surface area contributed by atoms with Gasteiger partial charge in [-0.15, -0.1) is 12.4 Å². The molecular weight excluding hydrogens is 256 g/mol. The van der Waals surface area contributed by atoms with Crippen LogP contribution in [-0.2, 0) is 9.47 Å². The fourth-order valence-corrected chi connectivity index (χ4v) is 2.09. The van der Waals surface area contributed by atoms with E-state index in [1.807, 2.05) is 20.8 Å². The first-order valence-electron chi connectivity index (χ1n) is 6.02. The first-order valence-corrected chi connectivity index (χ1v) is 6.02. The van der Waals surface area contributed by atoms with E-state index in [0.29, 0.717) is 19.0 Å². The van der Waals surface area contributed by atoms with Gasteiger partial charge in [0.1, 0.15) is 5.60 Å². The average Bonchev–Trinajstić information content (AvgIpc) is 2.14. The lowest BCUT2D eigenvalue weighted by Crippen LogP contribution is -2.55. The summed E-state index contributed by atoms with van der Waals surface area (Å²) in [5, 5.41) is 2.75. The number of nitrogens with one attached hydrogen (secondary N) is 1. The summed E-state index contributed by atoms with van der Waals surface area (Å²) in [4.78, 5) is 11.5. The standard InChI is InChI=1S/C12H24N2O3.ClH/c1-11(2,3)17-10(15)14-8-12(16-4)5-9(6-12)7-13;/h9H,5-8,13H2,1-4H3,(H,14,15);1H. The minimum atomic E-state index is -0.469. The molecule has 0 unspecified atom stereocenters. The third kappa shape index (κ3) is 5.00. The van der Waals surface area contributed by atoms with Crippen molar-refractivity contribution in [2.45, 2.75) is 44.8 Å². The van der Waals surface area contributed by atoms with E-state index in [1.54, 1.807) is 7.11 Å². The molecule has 1 fully saturated rings. The summed E-state index contributed by atoms with van der Waals surface area (Å²) >= 11 is 0. The van der Waals surface area contributed by atoms with Crippen molar-refractivity contribution in [3.8, 4) is 0 Å². The number of methoxy groups -OCH3 is 1. The van der Waals surface area contributed by atoms with E-state index < -0.39 is 11.7 Å². The molecule has 1 rings (SSSR count). The number of amides is 1. The molecule has 0 heterocycles. The molecule has 1 aliphatic rings. The van der Waals surface area contributed by atoms with Crippen LogP contribution in [0.25, 0.3) is 0 Å². The Bertz CT molecular complexity index is 273. The predicted molar refractivity (Wildman–Crippen MR) is 73.0 cm³/mol. The second-order valence-corrected chi connectivity index (χ2v) is 5.75. The summed E-state index contributed by atoms with van der Waals surface area (Å²) in [6.07, 6.45) is 1.40. The molecule has 0 aromatic rings. The molecule has 0 radical (unpaired) electrons. The first kappa shape index (κ1) is 17.5. The number of rotatable bonds is 4. The Balaban J connectivity index is 0.00000289. The van der Waals surface area contributed by atoms with Crippen molar-refractivity contribution in [1.29, 1.82) is 0 Å². The van der Waals surface area contributed by atoms with Gasteiger partial charge in [0.15, 0.2) is 0 Å². The second kappa shape index (κ2) is 6.59.